The highest BCUT2D eigenvalue weighted by Crippen LogP contribution is 2.03. The van der Waals surface area contributed by atoms with E-state index < -0.39 is 0 Å². The van der Waals surface area contributed by atoms with Crippen molar-refractivity contribution >= 4 is 0 Å². The van der Waals surface area contributed by atoms with Crippen molar-refractivity contribution in [2.24, 2.45) is 0 Å². The molecule has 4 nitrogen and oxygen atoms in total. The predicted molar refractivity (Wildman–Crippen MR) is 40.5 cm³/mol. The topological polar surface area (TPSA) is 50.7 Å². The van der Waals surface area contributed by atoms with E-state index in [-0.39, 0.29) is 12.2 Å². The molecule has 1 saturated heterocycles. The molecule has 0 aromatic rings. The average Bonchev–Trinajstić information content (AvgIpc) is 2.37. The number of aliphatic hydroxyl groups excluding tert-OH is 1. The minimum absolute atomic E-state index is 0.0508. The molecule has 11 heavy (non-hydrogen) atoms. The molecule has 0 aromatic heterocycles. The third-order valence-electron chi connectivity index (χ3n) is 1.75. The van der Waals surface area contributed by atoms with Gasteiger partial charge in [-0.05, 0) is 0 Å². The van der Waals surface area contributed by atoms with Crippen LogP contribution in [0.15, 0.2) is 0 Å². The fourth-order valence-corrected chi connectivity index (χ4v) is 1.09. The summed E-state index contributed by atoms with van der Waals surface area (Å²) in [4.78, 5) is 0. The van der Waals surface area contributed by atoms with Gasteiger partial charge in [0.2, 0.25) is 0 Å². The Morgan fingerprint density at radius 1 is 1.45 bits per heavy atom. The second-order valence-corrected chi connectivity index (χ2v) is 2.63. The number of nitrogens with one attached hydrogen (secondary N) is 1. The molecule has 0 amide bonds. The zero-order valence-corrected chi connectivity index (χ0v) is 6.75. The molecule has 0 aromatic carbocycles. The van der Waals surface area contributed by atoms with E-state index >= 15 is 0 Å². The van der Waals surface area contributed by atoms with Crippen molar-refractivity contribution < 1.29 is 14.6 Å². The molecular weight excluding hydrogens is 146 g/mol. The zero-order chi connectivity index (χ0) is 8.10. The third kappa shape index (κ3) is 2.75. The highest BCUT2D eigenvalue weighted by atomic mass is 16.5. The summed E-state index contributed by atoms with van der Waals surface area (Å²) in [7, 11) is 1.63. The Kier molecular flexibility index (Phi) is 3.79. The minimum atomic E-state index is -0.355. The molecule has 2 N–H and O–H groups in total. The maximum absolute atomic E-state index is 9.26. The molecular formula is C7H15NO3. The summed E-state index contributed by atoms with van der Waals surface area (Å²) in [6.07, 6.45) is -0.406. The Morgan fingerprint density at radius 2 is 2.27 bits per heavy atom. The van der Waals surface area contributed by atoms with Crippen LogP contribution >= 0.6 is 0 Å². The molecule has 0 radical (unpaired) electrons. The number of methoxy groups -OCH3 is 1. The van der Waals surface area contributed by atoms with Crippen LogP contribution < -0.4 is 5.32 Å². The number of rotatable bonds is 4. The first-order valence-corrected chi connectivity index (χ1v) is 3.84. The molecule has 1 heterocycles. The van der Waals surface area contributed by atoms with Gasteiger partial charge in [0.25, 0.3) is 0 Å². The SMILES string of the molecule is COCCO[C@@H]1CNC[C@H]1O. The Bertz CT molecular complexity index is 110. The molecule has 1 rings (SSSR count). The van der Waals surface area contributed by atoms with E-state index in [1.165, 1.54) is 0 Å². The van der Waals surface area contributed by atoms with Crippen LogP contribution in [0.1, 0.15) is 0 Å². The van der Waals surface area contributed by atoms with Gasteiger partial charge in [-0.25, -0.2) is 0 Å². The zero-order valence-electron chi connectivity index (χ0n) is 6.75. The van der Waals surface area contributed by atoms with E-state index in [2.05, 4.69) is 5.32 Å². The summed E-state index contributed by atoms with van der Waals surface area (Å²) in [5, 5.41) is 12.3. The molecule has 0 spiro atoms. The molecule has 1 aliphatic heterocycles. The van der Waals surface area contributed by atoms with Gasteiger partial charge in [-0.15, -0.1) is 0 Å². The lowest BCUT2D eigenvalue weighted by Gasteiger charge is -2.13. The highest BCUT2D eigenvalue weighted by molar-refractivity contribution is 4.80. The fraction of sp³-hybridized carbons (Fsp3) is 1.00. The number of hydrogen-bond acceptors (Lipinski definition) is 4. The van der Waals surface area contributed by atoms with E-state index in [9.17, 15) is 5.11 Å². The molecule has 0 unspecified atom stereocenters. The van der Waals surface area contributed by atoms with Crippen molar-refractivity contribution in [1.82, 2.24) is 5.32 Å². The first-order chi connectivity index (χ1) is 5.34. The van der Waals surface area contributed by atoms with Gasteiger partial charge in [0.1, 0.15) is 0 Å². The molecule has 2 atom stereocenters. The van der Waals surface area contributed by atoms with E-state index in [4.69, 9.17) is 9.47 Å². The molecule has 0 aliphatic carbocycles. The van der Waals surface area contributed by atoms with Crippen molar-refractivity contribution in [2.45, 2.75) is 12.2 Å². The summed E-state index contributed by atoms with van der Waals surface area (Å²) in [6, 6.07) is 0. The Hall–Kier alpha value is -0.160. The Morgan fingerprint density at radius 3 is 2.82 bits per heavy atom. The van der Waals surface area contributed by atoms with Crippen molar-refractivity contribution in [1.29, 1.82) is 0 Å². The number of β-amino-alcohol motifs (C(OH)–C–C–N with tert-alkyl or cyclic N) is 1. The largest absolute Gasteiger partial charge is 0.389 e. The van der Waals surface area contributed by atoms with E-state index in [0.717, 1.165) is 6.54 Å². The van der Waals surface area contributed by atoms with Crippen molar-refractivity contribution in [3.63, 3.8) is 0 Å². The summed E-state index contributed by atoms with van der Waals surface area (Å²) < 4.78 is 10.1. The van der Waals surface area contributed by atoms with Gasteiger partial charge in [-0.3, -0.25) is 0 Å². The van der Waals surface area contributed by atoms with Crippen molar-refractivity contribution in [2.75, 3.05) is 33.4 Å². The van der Waals surface area contributed by atoms with Crippen LogP contribution in [0.25, 0.3) is 0 Å². The minimum Gasteiger partial charge on any atom is -0.389 e. The van der Waals surface area contributed by atoms with Crippen molar-refractivity contribution in [3.05, 3.63) is 0 Å². The highest BCUT2D eigenvalue weighted by Gasteiger charge is 2.24. The first kappa shape index (κ1) is 8.93. The first-order valence-electron chi connectivity index (χ1n) is 3.84. The number of hydrogen-bond donors (Lipinski definition) is 2. The van der Waals surface area contributed by atoms with Gasteiger partial charge < -0.3 is 19.9 Å². The van der Waals surface area contributed by atoms with Crippen LogP contribution in [0.3, 0.4) is 0 Å². The summed E-state index contributed by atoms with van der Waals surface area (Å²) in [5.74, 6) is 0. The van der Waals surface area contributed by atoms with Crippen LogP contribution in [0, 0.1) is 0 Å². The van der Waals surface area contributed by atoms with Gasteiger partial charge in [-0.1, -0.05) is 0 Å². The summed E-state index contributed by atoms with van der Waals surface area (Å²) >= 11 is 0. The molecule has 1 fully saturated rings. The van der Waals surface area contributed by atoms with E-state index in [1.807, 2.05) is 0 Å². The molecule has 0 saturated carbocycles. The summed E-state index contributed by atoms with van der Waals surface area (Å²) in [6.45, 7) is 2.52. The third-order valence-corrected chi connectivity index (χ3v) is 1.75. The number of ether oxygens (including phenoxy) is 2. The second kappa shape index (κ2) is 4.66. The monoisotopic (exact) mass is 161 g/mol. The number of aliphatic hydroxyl groups is 1. The van der Waals surface area contributed by atoms with E-state index in [0.29, 0.717) is 19.8 Å². The Labute approximate surface area is 66.5 Å². The van der Waals surface area contributed by atoms with Gasteiger partial charge in [0, 0.05) is 20.2 Å². The average molecular weight is 161 g/mol. The molecule has 0 bridgehead atoms. The van der Waals surface area contributed by atoms with Gasteiger partial charge in [0.15, 0.2) is 0 Å². The van der Waals surface area contributed by atoms with Crippen LogP contribution in [-0.2, 0) is 9.47 Å². The van der Waals surface area contributed by atoms with Gasteiger partial charge >= 0.3 is 0 Å². The van der Waals surface area contributed by atoms with Gasteiger partial charge in [-0.2, -0.15) is 0 Å². The summed E-state index contributed by atoms with van der Waals surface area (Å²) in [5.41, 5.74) is 0. The maximum atomic E-state index is 9.26. The quantitative estimate of drug-likeness (QED) is 0.518. The lowest BCUT2D eigenvalue weighted by Crippen LogP contribution is -2.28. The normalized spacial score (nSPS) is 31.1. The van der Waals surface area contributed by atoms with E-state index in [1.54, 1.807) is 7.11 Å². The molecule has 1 aliphatic rings. The smallest absolute Gasteiger partial charge is 0.0971 e. The maximum Gasteiger partial charge on any atom is 0.0971 e. The standard InChI is InChI=1S/C7H15NO3/c1-10-2-3-11-7-5-8-4-6(7)9/h6-9H,2-5H2,1H3/t6-,7-/m1/s1. The second-order valence-electron chi connectivity index (χ2n) is 2.63. The van der Waals surface area contributed by atoms with Crippen LogP contribution in [0.4, 0.5) is 0 Å². The molecule has 4 heteroatoms. The van der Waals surface area contributed by atoms with Crippen LogP contribution in [-0.4, -0.2) is 50.7 Å². The predicted octanol–water partition coefficient (Wildman–Crippen LogP) is -1.02. The van der Waals surface area contributed by atoms with Crippen molar-refractivity contribution in [3.8, 4) is 0 Å². The fourth-order valence-electron chi connectivity index (χ4n) is 1.09. The lowest BCUT2D eigenvalue weighted by atomic mass is 10.3. The molecule has 66 valence electrons. The van der Waals surface area contributed by atoms with Gasteiger partial charge in [0.05, 0.1) is 25.4 Å². The van der Waals surface area contributed by atoms with Crippen LogP contribution in [0.2, 0.25) is 0 Å². The Balaban J connectivity index is 2.05. The van der Waals surface area contributed by atoms with Crippen LogP contribution in [0.5, 0.6) is 0 Å². The lowest BCUT2D eigenvalue weighted by molar-refractivity contribution is -0.0263.